The Morgan fingerprint density at radius 1 is 0.846 bits per heavy atom. The Balaban J connectivity index is 0. The van der Waals surface area contributed by atoms with Crippen LogP contribution in [0.15, 0.2) is 0 Å². The van der Waals surface area contributed by atoms with Crippen molar-refractivity contribution < 1.29 is 0 Å². The van der Waals surface area contributed by atoms with E-state index in [1.165, 1.54) is 38.5 Å². The molecule has 0 spiro atoms. The summed E-state index contributed by atoms with van der Waals surface area (Å²) in [6.07, 6.45) is 8.14. The Morgan fingerprint density at radius 2 is 1.23 bits per heavy atom. The van der Waals surface area contributed by atoms with Crippen LogP contribution in [0.1, 0.15) is 45.4 Å². The van der Waals surface area contributed by atoms with Crippen LogP contribution in [0.2, 0.25) is 14.8 Å². The van der Waals surface area contributed by atoms with Crippen LogP contribution in [0.4, 0.5) is 0 Å². The molecule has 0 bridgehead atoms. The third-order valence-corrected chi connectivity index (χ3v) is 1.79. The zero-order valence-electron chi connectivity index (χ0n) is 9.86. The summed E-state index contributed by atoms with van der Waals surface area (Å²) in [5.74, 6) is 0.951. The predicted molar refractivity (Wildman–Crippen MR) is 69.0 cm³/mol. The van der Waals surface area contributed by atoms with Crippen LogP contribution in [0.3, 0.4) is 0 Å². The van der Waals surface area contributed by atoms with Crippen LogP contribution >= 0.6 is 0 Å². The Bertz CT molecular complexity index is 65.7. The average molecular weight is 309 g/mol. The third kappa shape index (κ3) is 32.0. The Kier molecular flexibility index (Phi) is 19.9. The number of hydrogen-bond acceptors (Lipinski definition) is 1. The molecule has 0 nitrogen and oxygen atoms in total. The molecule has 13 heavy (non-hydrogen) atoms. The molecule has 0 aliphatic rings. The number of rotatable bonds is 6. The Hall–Kier alpha value is 1.15. The summed E-state index contributed by atoms with van der Waals surface area (Å²) in [4.78, 5) is 7.09. The fourth-order valence-electron chi connectivity index (χ4n) is 0.882. The van der Waals surface area contributed by atoms with E-state index < -0.39 is 19.8 Å². The van der Waals surface area contributed by atoms with E-state index in [1.54, 1.807) is 0 Å². The van der Waals surface area contributed by atoms with Gasteiger partial charge in [0.2, 0.25) is 0 Å². The van der Waals surface area contributed by atoms with Crippen LogP contribution in [0, 0.1) is 0 Å². The fraction of sp³-hybridized carbons (Fsp3) is 1.00. The maximum atomic E-state index is 4.83. The zero-order valence-corrected chi connectivity index (χ0v) is 13.5. The van der Waals surface area contributed by atoms with Crippen molar-refractivity contribution in [2.24, 2.45) is 0 Å². The minimum atomic E-state index is -0.543. The van der Waals surface area contributed by atoms with E-state index in [0.717, 1.165) is 5.75 Å². The maximum absolute atomic E-state index is 4.83. The Labute approximate surface area is 98.0 Å². The molecule has 0 aliphatic carbocycles. The van der Waals surface area contributed by atoms with E-state index in [9.17, 15) is 0 Å². The van der Waals surface area contributed by atoms with E-state index in [-0.39, 0.29) is 0 Å². The standard InChI is InChI=1S/C8H18S.3CH3.Sn/c1-2-3-4-5-6-7-8-9;;;;/h9H,2-8H2,1H3;3*1H3;/q;;;;+1/p-1. The van der Waals surface area contributed by atoms with Gasteiger partial charge in [0, 0.05) is 0 Å². The molecular formula is C11H26SSn. The summed E-state index contributed by atoms with van der Waals surface area (Å²) in [6, 6.07) is 0. The van der Waals surface area contributed by atoms with Gasteiger partial charge >= 0.3 is 34.6 Å². The van der Waals surface area contributed by atoms with Crippen molar-refractivity contribution in [3.05, 3.63) is 0 Å². The molecule has 0 saturated heterocycles. The molecular weight excluding hydrogens is 283 g/mol. The number of unbranched alkanes of at least 4 members (excludes halogenated alkanes) is 5. The first-order valence-corrected chi connectivity index (χ1v) is 14.6. The summed E-state index contributed by atoms with van der Waals surface area (Å²) in [5.41, 5.74) is 0. The summed E-state index contributed by atoms with van der Waals surface area (Å²) in [7, 11) is 0. The van der Waals surface area contributed by atoms with Crippen molar-refractivity contribution in [3.63, 3.8) is 0 Å². The summed E-state index contributed by atoms with van der Waals surface area (Å²) >= 11 is 4.29. The van der Waals surface area contributed by atoms with Gasteiger partial charge in [-0.2, -0.15) is 5.75 Å². The molecule has 0 fully saturated rings. The van der Waals surface area contributed by atoms with Crippen LogP contribution in [0.5, 0.6) is 0 Å². The van der Waals surface area contributed by atoms with Gasteiger partial charge in [-0.05, 0) is 0 Å². The topological polar surface area (TPSA) is 0 Å². The molecule has 0 atom stereocenters. The molecule has 0 saturated carbocycles. The molecule has 80 valence electrons. The van der Waals surface area contributed by atoms with Gasteiger partial charge in [0.25, 0.3) is 0 Å². The van der Waals surface area contributed by atoms with E-state index in [4.69, 9.17) is 12.6 Å². The first-order valence-electron chi connectivity index (χ1n) is 5.50. The quantitative estimate of drug-likeness (QED) is 0.401. The summed E-state index contributed by atoms with van der Waals surface area (Å²) in [6.45, 7) is 2.24. The van der Waals surface area contributed by atoms with Crippen molar-refractivity contribution in [1.29, 1.82) is 0 Å². The van der Waals surface area contributed by atoms with E-state index in [2.05, 4.69) is 21.7 Å². The molecule has 0 aromatic carbocycles. The molecule has 0 heterocycles. The SMILES string of the molecule is CCCCCCCC[S-].[CH3][Sn+]([CH3])[CH3]. The van der Waals surface area contributed by atoms with Gasteiger partial charge in [0.1, 0.15) is 0 Å². The van der Waals surface area contributed by atoms with E-state index in [0.29, 0.717) is 0 Å². The molecule has 0 radical (unpaired) electrons. The van der Waals surface area contributed by atoms with Crippen molar-refractivity contribution in [1.82, 2.24) is 0 Å². The van der Waals surface area contributed by atoms with Gasteiger partial charge in [-0.25, -0.2) is 0 Å². The van der Waals surface area contributed by atoms with Crippen LogP contribution in [-0.2, 0) is 12.6 Å². The Morgan fingerprint density at radius 3 is 1.62 bits per heavy atom. The fourth-order valence-corrected chi connectivity index (χ4v) is 1.09. The van der Waals surface area contributed by atoms with Gasteiger partial charge in [0.15, 0.2) is 0 Å². The molecule has 0 unspecified atom stereocenters. The van der Waals surface area contributed by atoms with Crippen molar-refractivity contribution >= 4 is 32.4 Å². The van der Waals surface area contributed by atoms with E-state index in [1.807, 2.05) is 0 Å². The van der Waals surface area contributed by atoms with Crippen molar-refractivity contribution in [2.45, 2.75) is 60.3 Å². The van der Waals surface area contributed by atoms with Crippen molar-refractivity contribution in [2.75, 3.05) is 5.75 Å². The molecule has 0 amide bonds. The van der Waals surface area contributed by atoms with Crippen LogP contribution in [0.25, 0.3) is 0 Å². The average Bonchev–Trinajstić information content (AvgIpc) is 2.03. The first-order chi connectivity index (χ1) is 6.15. The number of hydrogen-bond donors (Lipinski definition) is 0. The predicted octanol–water partition coefficient (Wildman–Crippen LogP) is 4.26. The second-order valence-electron chi connectivity index (χ2n) is 3.97. The van der Waals surface area contributed by atoms with Gasteiger partial charge in [-0.15, -0.1) is 0 Å². The van der Waals surface area contributed by atoms with Gasteiger partial charge in [0.05, 0.1) is 0 Å². The monoisotopic (exact) mass is 310 g/mol. The van der Waals surface area contributed by atoms with Crippen LogP contribution in [-0.4, -0.2) is 25.5 Å². The second kappa shape index (κ2) is 15.6. The molecule has 0 aromatic heterocycles. The van der Waals surface area contributed by atoms with Gasteiger partial charge in [-0.3, -0.25) is 0 Å². The summed E-state index contributed by atoms with van der Waals surface area (Å²) in [5, 5.41) is 0. The van der Waals surface area contributed by atoms with Crippen molar-refractivity contribution in [3.8, 4) is 0 Å². The molecule has 0 aliphatic heterocycles. The second-order valence-corrected chi connectivity index (χ2v) is 12.9. The van der Waals surface area contributed by atoms with Gasteiger partial charge < -0.3 is 12.6 Å². The summed E-state index contributed by atoms with van der Waals surface area (Å²) < 4.78 is 0. The molecule has 0 aromatic rings. The first kappa shape index (κ1) is 16.6. The molecule has 2 heteroatoms. The normalized spacial score (nSPS) is 9.00. The molecule has 0 rings (SSSR count). The molecule has 0 N–H and O–H groups in total. The van der Waals surface area contributed by atoms with Crippen LogP contribution < -0.4 is 0 Å². The third-order valence-electron chi connectivity index (χ3n) is 1.50. The van der Waals surface area contributed by atoms with E-state index >= 15 is 0 Å². The zero-order chi connectivity index (χ0) is 10.5. The minimum absolute atomic E-state index is 0.543. The van der Waals surface area contributed by atoms with Gasteiger partial charge in [-0.1, -0.05) is 45.4 Å².